The monoisotopic (exact) mass is 431 g/mol. The minimum Gasteiger partial charge on any atom is -0.489 e. The van der Waals surface area contributed by atoms with E-state index in [1.807, 2.05) is 0 Å². The molecule has 2 unspecified atom stereocenters. The summed E-state index contributed by atoms with van der Waals surface area (Å²) < 4.78 is 6.25. The number of rotatable bonds is 4. The summed E-state index contributed by atoms with van der Waals surface area (Å²) in [5, 5.41) is 0. The fraction of sp³-hybridized carbons (Fsp3) is 0.226. The van der Waals surface area contributed by atoms with Gasteiger partial charge >= 0.3 is 0 Å². The molecular formula is C31H29NO. The lowest BCUT2D eigenvalue weighted by molar-refractivity contribution is 0.164. The molecule has 4 aromatic carbocycles. The van der Waals surface area contributed by atoms with Crippen LogP contribution in [0.3, 0.4) is 0 Å². The molecule has 6 rings (SSSR count). The van der Waals surface area contributed by atoms with E-state index in [9.17, 15) is 0 Å². The van der Waals surface area contributed by atoms with Crippen molar-refractivity contribution in [3.8, 4) is 16.9 Å². The number of benzene rings is 4. The van der Waals surface area contributed by atoms with Crippen molar-refractivity contribution in [2.24, 2.45) is 0 Å². The number of aryl methyl sites for hydroxylation is 1. The SMILES string of the molecule is Cc1ccc(N(c2ccccc2)c2ccc(-c3ccc4c(c3)C3CCCCC3O4)cc2)cc1. The molecule has 0 spiro atoms. The van der Waals surface area contributed by atoms with Gasteiger partial charge in [-0.15, -0.1) is 0 Å². The summed E-state index contributed by atoms with van der Waals surface area (Å²) in [7, 11) is 0. The molecule has 4 aromatic rings. The van der Waals surface area contributed by atoms with Crippen molar-refractivity contribution >= 4 is 17.1 Å². The van der Waals surface area contributed by atoms with Crippen LogP contribution in [0.5, 0.6) is 5.75 Å². The first-order valence-corrected chi connectivity index (χ1v) is 12.1. The smallest absolute Gasteiger partial charge is 0.123 e. The zero-order valence-corrected chi connectivity index (χ0v) is 19.1. The van der Waals surface area contributed by atoms with Crippen LogP contribution < -0.4 is 9.64 Å². The molecule has 1 saturated carbocycles. The highest BCUT2D eigenvalue weighted by atomic mass is 16.5. The molecule has 1 fully saturated rings. The average Bonchev–Trinajstić information content (AvgIpc) is 3.24. The van der Waals surface area contributed by atoms with Crippen LogP contribution in [-0.4, -0.2) is 6.10 Å². The Morgan fingerprint density at radius 2 is 1.30 bits per heavy atom. The van der Waals surface area contributed by atoms with Crippen LogP contribution in [0.25, 0.3) is 11.1 Å². The molecule has 164 valence electrons. The van der Waals surface area contributed by atoms with Gasteiger partial charge < -0.3 is 9.64 Å². The summed E-state index contributed by atoms with van der Waals surface area (Å²) in [5.74, 6) is 1.67. The molecule has 2 atom stereocenters. The normalized spacial score (nSPS) is 18.8. The van der Waals surface area contributed by atoms with Crippen LogP contribution in [0.2, 0.25) is 0 Å². The molecule has 0 N–H and O–H groups in total. The van der Waals surface area contributed by atoms with Gasteiger partial charge in [-0.05, 0) is 85.8 Å². The number of hydrogen-bond donors (Lipinski definition) is 0. The van der Waals surface area contributed by atoms with E-state index in [-0.39, 0.29) is 0 Å². The van der Waals surface area contributed by atoms with Gasteiger partial charge in [0.25, 0.3) is 0 Å². The average molecular weight is 432 g/mol. The Balaban J connectivity index is 1.34. The lowest BCUT2D eigenvalue weighted by Crippen LogP contribution is -2.22. The van der Waals surface area contributed by atoms with E-state index in [1.165, 1.54) is 47.9 Å². The van der Waals surface area contributed by atoms with E-state index >= 15 is 0 Å². The lowest BCUT2D eigenvalue weighted by atomic mass is 9.82. The number of anilines is 3. The molecule has 2 heteroatoms. The molecular weight excluding hydrogens is 402 g/mol. The molecule has 0 radical (unpaired) electrons. The molecule has 1 heterocycles. The van der Waals surface area contributed by atoms with Gasteiger partial charge in [-0.2, -0.15) is 0 Å². The van der Waals surface area contributed by atoms with E-state index < -0.39 is 0 Å². The van der Waals surface area contributed by atoms with Gasteiger partial charge in [0.15, 0.2) is 0 Å². The molecule has 1 aliphatic carbocycles. The molecule has 2 aliphatic rings. The second-order valence-corrected chi connectivity index (χ2v) is 9.35. The van der Waals surface area contributed by atoms with Crippen molar-refractivity contribution in [2.75, 3.05) is 4.90 Å². The number of nitrogens with zero attached hydrogens (tertiary/aromatic N) is 1. The van der Waals surface area contributed by atoms with Crippen molar-refractivity contribution in [3.63, 3.8) is 0 Å². The van der Waals surface area contributed by atoms with Crippen LogP contribution >= 0.6 is 0 Å². The number of ether oxygens (including phenoxy) is 1. The molecule has 0 bridgehead atoms. The van der Waals surface area contributed by atoms with Crippen LogP contribution in [0.15, 0.2) is 97.1 Å². The van der Waals surface area contributed by atoms with Crippen LogP contribution in [0, 0.1) is 6.92 Å². The van der Waals surface area contributed by atoms with E-state index in [4.69, 9.17) is 4.74 Å². The van der Waals surface area contributed by atoms with E-state index in [0.29, 0.717) is 12.0 Å². The summed E-state index contributed by atoms with van der Waals surface area (Å²) in [4.78, 5) is 2.31. The van der Waals surface area contributed by atoms with Gasteiger partial charge in [-0.3, -0.25) is 0 Å². The zero-order valence-electron chi connectivity index (χ0n) is 19.1. The third kappa shape index (κ3) is 3.80. The number of hydrogen-bond acceptors (Lipinski definition) is 2. The second kappa shape index (κ2) is 8.44. The summed E-state index contributed by atoms with van der Waals surface area (Å²) >= 11 is 0. The zero-order chi connectivity index (χ0) is 22.2. The lowest BCUT2D eigenvalue weighted by Gasteiger charge is -2.25. The topological polar surface area (TPSA) is 12.5 Å². The molecule has 0 amide bonds. The predicted octanol–water partition coefficient (Wildman–Crippen LogP) is 8.55. The Morgan fingerprint density at radius 1 is 0.667 bits per heavy atom. The summed E-state index contributed by atoms with van der Waals surface area (Å²) in [5.41, 5.74) is 8.68. The number of para-hydroxylation sites is 1. The highest BCUT2D eigenvalue weighted by molar-refractivity contribution is 5.78. The maximum Gasteiger partial charge on any atom is 0.123 e. The molecule has 1 aliphatic heterocycles. The quantitative estimate of drug-likeness (QED) is 0.321. The minimum absolute atomic E-state index is 0.389. The molecule has 2 nitrogen and oxygen atoms in total. The Labute approximate surface area is 196 Å². The largest absolute Gasteiger partial charge is 0.489 e. The van der Waals surface area contributed by atoms with Crippen molar-refractivity contribution in [1.82, 2.24) is 0 Å². The van der Waals surface area contributed by atoms with Gasteiger partial charge in [-0.25, -0.2) is 0 Å². The van der Waals surface area contributed by atoms with Crippen molar-refractivity contribution in [1.29, 1.82) is 0 Å². The number of fused-ring (bicyclic) bond motifs is 3. The fourth-order valence-corrected chi connectivity index (χ4v) is 5.40. The second-order valence-electron chi connectivity index (χ2n) is 9.35. The van der Waals surface area contributed by atoms with E-state index in [0.717, 1.165) is 22.8 Å². The van der Waals surface area contributed by atoms with Crippen LogP contribution in [-0.2, 0) is 0 Å². The molecule has 0 aromatic heterocycles. The third-order valence-corrected chi connectivity index (χ3v) is 7.16. The highest BCUT2D eigenvalue weighted by Crippen LogP contribution is 2.47. The summed E-state index contributed by atoms with van der Waals surface area (Å²) in [6, 6.07) is 35.0. The Kier molecular flexibility index (Phi) is 5.14. The van der Waals surface area contributed by atoms with Gasteiger partial charge in [0, 0.05) is 28.5 Å². The fourth-order valence-electron chi connectivity index (χ4n) is 5.40. The van der Waals surface area contributed by atoms with E-state index in [2.05, 4.69) is 109 Å². The Bertz CT molecular complexity index is 1240. The van der Waals surface area contributed by atoms with Gasteiger partial charge in [0.05, 0.1) is 0 Å². The van der Waals surface area contributed by atoms with Crippen molar-refractivity contribution in [3.05, 3.63) is 108 Å². The Hall–Kier alpha value is -3.52. The summed E-state index contributed by atoms with van der Waals surface area (Å²) in [6.45, 7) is 2.13. The highest BCUT2D eigenvalue weighted by Gasteiger charge is 2.36. The minimum atomic E-state index is 0.389. The maximum absolute atomic E-state index is 6.25. The standard InChI is InChI=1S/C31H29NO/c1-22-11-16-26(17-12-22)32(25-7-3-2-4-8-25)27-18-13-23(14-19-27)24-15-20-31-29(21-24)28-9-5-6-10-30(28)33-31/h2-4,7-8,11-21,28,30H,5-6,9-10H2,1H3. The molecule has 0 saturated heterocycles. The van der Waals surface area contributed by atoms with Crippen LogP contribution in [0.4, 0.5) is 17.1 Å². The van der Waals surface area contributed by atoms with Gasteiger partial charge in [0.2, 0.25) is 0 Å². The van der Waals surface area contributed by atoms with Crippen LogP contribution in [0.1, 0.15) is 42.7 Å². The van der Waals surface area contributed by atoms with Gasteiger partial charge in [-0.1, -0.05) is 60.5 Å². The third-order valence-electron chi connectivity index (χ3n) is 7.16. The first kappa shape index (κ1) is 20.1. The van der Waals surface area contributed by atoms with E-state index in [1.54, 1.807) is 0 Å². The Morgan fingerprint density at radius 3 is 2.06 bits per heavy atom. The maximum atomic E-state index is 6.25. The van der Waals surface area contributed by atoms with Crippen molar-refractivity contribution in [2.45, 2.75) is 44.6 Å². The predicted molar refractivity (Wildman–Crippen MR) is 137 cm³/mol. The first-order chi connectivity index (χ1) is 16.3. The molecule has 33 heavy (non-hydrogen) atoms. The first-order valence-electron chi connectivity index (χ1n) is 12.1. The summed E-state index contributed by atoms with van der Waals surface area (Å²) in [6.07, 6.45) is 5.44. The van der Waals surface area contributed by atoms with Gasteiger partial charge in [0.1, 0.15) is 11.9 Å². The van der Waals surface area contributed by atoms with Crippen molar-refractivity contribution < 1.29 is 4.74 Å².